The van der Waals surface area contributed by atoms with E-state index in [1.807, 2.05) is 0 Å². The van der Waals surface area contributed by atoms with E-state index in [-0.39, 0.29) is 0 Å². The molecule has 2 nitrogen and oxygen atoms in total. The number of aliphatic hydroxyl groups is 2. The third-order valence-corrected chi connectivity index (χ3v) is 2.02. The van der Waals surface area contributed by atoms with Gasteiger partial charge in [-0.3, -0.25) is 4.90 Å². The molecule has 1 rings (SSSR count). The summed E-state index contributed by atoms with van der Waals surface area (Å²) in [7, 11) is 3.47. The van der Waals surface area contributed by atoms with Crippen LogP contribution < -0.4 is 0 Å². The van der Waals surface area contributed by atoms with Crippen molar-refractivity contribution in [3.63, 3.8) is 0 Å². The van der Waals surface area contributed by atoms with Crippen molar-refractivity contribution in [2.24, 2.45) is 0 Å². The number of rotatable bonds is 3. The van der Waals surface area contributed by atoms with Crippen LogP contribution in [0.1, 0.15) is 19.3 Å². The Kier molecular flexibility index (Phi) is 3.76. The summed E-state index contributed by atoms with van der Waals surface area (Å²) in [5.74, 6) is 0. The van der Waals surface area contributed by atoms with Crippen LogP contribution in [-0.2, 0) is 0 Å². The molecule has 2 heteroatoms. The molecule has 1 fully saturated rings. The average molecular weight is 143 g/mol. The second kappa shape index (κ2) is 4.69. The van der Waals surface area contributed by atoms with Crippen LogP contribution in [0.25, 0.3) is 0 Å². The molecule has 1 heterocycles. The quantitative estimate of drug-likeness (QED) is 0.421. The Morgan fingerprint density at radius 3 is 2.50 bits per heavy atom. The lowest BCUT2D eigenvalue weighted by atomic mass is 10.1. The van der Waals surface area contributed by atoms with Gasteiger partial charge < -0.3 is 4.74 Å². The molecule has 10 heavy (non-hydrogen) atoms. The van der Waals surface area contributed by atoms with Gasteiger partial charge in [0.25, 0.3) is 0 Å². The summed E-state index contributed by atoms with van der Waals surface area (Å²) >= 11 is 0. The highest BCUT2D eigenvalue weighted by atomic mass is 16.5. The van der Waals surface area contributed by atoms with Gasteiger partial charge in [0.15, 0.2) is 0 Å². The normalized spacial score (nSPS) is 21.3. The van der Waals surface area contributed by atoms with Crippen LogP contribution in [0.4, 0.5) is 0 Å². The molecular weight excluding hydrogens is 126 g/mol. The van der Waals surface area contributed by atoms with E-state index in [1.54, 1.807) is 0 Å². The second-order valence-corrected chi connectivity index (χ2v) is 2.85. The van der Waals surface area contributed by atoms with Crippen molar-refractivity contribution in [1.29, 1.82) is 0 Å². The molecule has 0 spiro atoms. The van der Waals surface area contributed by atoms with Crippen LogP contribution in [0, 0.1) is 7.11 Å². The molecule has 0 aromatic heterocycles. The Hall–Kier alpha value is -0.0800. The number of ether oxygens (including phenoxy) is 1. The third-order valence-electron chi connectivity index (χ3n) is 2.02. The molecule has 1 aliphatic heterocycles. The van der Waals surface area contributed by atoms with E-state index in [0.29, 0.717) is 0 Å². The first-order valence-corrected chi connectivity index (χ1v) is 4.08. The van der Waals surface area contributed by atoms with E-state index in [9.17, 15) is 0 Å². The highest BCUT2D eigenvalue weighted by Gasteiger charge is 2.08. The SMILES string of the molecule is [CH2-][OH+]CCN1CCCCC1. The Morgan fingerprint density at radius 2 is 1.90 bits per heavy atom. The largest absolute Gasteiger partial charge is 0.581 e. The molecule has 0 aromatic rings. The maximum Gasteiger partial charge on any atom is 0.132 e. The van der Waals surface area contributed by atoms with Crippen LogP contribution in [-0.4, -0.2) is 35.9 Å². The topological polar surface area (TPSA) is 16.0 Å². The Bertz CT molecular complexity index is 79.3. The molecule has 1 saturated heterocycles. The first kappa shape index (κ1) is 8.02. The molecule has 0 saturated carbocycles. The van der Waals surface area contributed by atoms with Crippen molar-refractivity contribution in [1.82, 2.24) is 4.90 Å². The van der Waals surface area contributed by atoms with E-state index in [2.05, 4.69) is 16.7 Å². The lowest BCUT2D eigenvalue weighted by molar-refractivity contribution is 0.0325. The Balaban J connectivity index is 2.02. The van der Waals surface area contributed by atoms with Gasteiger partial charge in [-0.25, -0.2) is 0 Å². The van der Waals surface area contributed by atoms with E-state index in [1.165, 1.54) is 32.4 Å². The van der Waals surface area contributed by atoms with Crippen molar-refractivity contribution >= 4 is 0 Å². The minimum atomic E-state index is 0.903. The van der Waals surface area contributed by atoms with Gasteiger partial charge in [0.05, 0.1) is 6.54 Å². The molecule has 1 aliphatic rings. The molecule has 0 radical (unpaired) electrons. The lowest BCUT2D eigenvalue weighted by Gasteiger charge is -2.25. The average Bonchev–Trinajstić information content (AvgIpc) is 2.03. The Labute approximate surface area is 63.2 Å². The maximum absolute atomic E-state index is 3.84. The minimum absolute atomic E-state index is 0.903. The summed E-state index contributed by atoms with van der Waals surface area (Å²) < 4.78 is 3.84. The van der Waals surface area contributed by atoms with E-state index in [0.717, 1.165) is 13.2 Å². The Morgan fingerprint density at radius 1 is 1.20 bits per heavy atom. The van der Waals surface area contributed by atoms with E-state index < -0.39 is 0 Å². The second-order valence-electron chi connectivity index (χ2n) is 2.85. The van der Waals surface area contributed by atoms with E-state index in [4.69, 9.17) is 0 Å². The zero-order valence-electron chi connectivity index (χ0n) is 6.55. The van der Waals surface area contributed by atoms with Gasteiger partial charge in [-0.05, 0) is 25.9 Å². The summed E-state index contributed by atoms with van der Waals surface area (Å²) in [4.78, 5) is 2.47. The summed E-state index contributed by atoms with van der Waals surface area (Å²) in [6, 6.07) is 0. The predicted octanol–water partition coefficient (Wildman–Crippen LogP) is 0.792. The van der Waals surface area contributed by atoms with Crippen LogP contribution in [0.3, 0.4) is 0 Å². The van der Waals surface area contributed by atoms with Gasteiger partial charge in [0.1, 0.15) is 6.61 Å². The number of hydrogen-bond acceptors (Lipinski definition) is 1. The van der Waals surface area contributed by atoms with Crippen molar-refractivity contribution < 1.29 is 4.74 Å². The molecule has 0 amide bonds. The van der Waals surface area contributed by atoms with Crippen molar-refractivity contribution in [2.45, 2.75) is 19.3 Å². The lowest BCUT2D eigenvalue weighted by Crippen LogP contribution is -2.32. The molecule has 1 N–H and O–H groups in total. The fraction of sp³-hybridized carbons (Fsp3) is 0.875. The monoisotopic (exact) mass is 143 g/mol. The van der Waals surface area contributed by atoms with E-state index >= 15 is 0 Å². The third kappa shape index (κ3) is 2.67. The smallest absolute Gasteiger partial charge is 0.132 e. The predicted molar refractivity (Wildman–Crippen MR) is 42.7 cm³/mol. The maximum atomic E-state index is 3.84. The first-order chi connectivity index (χ1) is 4.93. The number of piperidine rings is 1. The van der Waals surface area contributed by atoms with Crippen LogP contribution in [0.15, 0.2) is 0 Å². The summed E-state index contributed by atoms with van der Waals surface area (Å²) in [6.07, 6.45) is 4.16. The number of nitrogens with zero attached hydrogens (tertiary/aromatic N) is 1. The number of likely N-dealkylation sites (tertiary alicyclic amines) is 1. The fourth-order valence-corrected chi connectivity index (χ4v) is 1.40. The zero-order valence-corrected chi connectivity index (χ0v) is 6.55. The van der Waals surface area contributed by atoms with Crippen molar-refractivity contribution in [3.8, 4) is 0 Å². The van der Waals surface area contributed by atoms with Gasteiger partial charge in [-0.1, -0.05) is 13.5 Å². The van der Waals surface area contributed by atoms with Gasteiger partial charge in [0.2, 0.25) is 0 Å². The first-order valence-electron chi connectivity index (χ1n) is 4.08. The fourth-order valence-electron chi connectivity index (χ4n) is 1.40. The molecule has 0 bridgehead atoms. The van der Waals surface area contributed by atoms with Gasteiger partial charge in [-0.15, -0.1) is 0 Å². The summed E-state index contributed by atoms with van der Waals surface area (Å²) in [6.45, 7) is 4.56. The molecular formula is C8H17NO. The van der Waals surface area contributed by atoms with Gasteiger partial charge in [0, 0.05) is 0 Å². The molecule has 0 aliphatic carbocycles. The summed E-state index contributed by atoms with van der Waals surface area (Å²) in [5, 5.41) is 0. The van der Waals surface area contributed by atoms with Crippen molar-refractivity contribution in [3.05, 3.63) is 7.11 Å². The molecule has 0 unspecified atom stereocenters. The minimum Gasteiger partial charge on any atom is -0.581 e. The van der Waals surface area contributed by atoms with Crippen LogP contribution in [0.2, 0.25) is 0 Å². The highest BCUT2D eigenvalue weighted by molar-refractivity contribution is 4.63. The van der Waals surface area contributed by atoms with Crippen LogP contribution >= 0.6 is 0 Å². The standard InChI is InChI=1S/C8H17NO/c1-10-8-7-9-5-3-2-4-6-9/h10H,1-8H2. The van der Waals surface area contributed by atoms with Crippen LogP contribution in [0.5, 0.6) is 0 Å². The summed E-state index contributed by atoms with van der Waals surface area (Å²) in [5.41, 5.74) is 0. The van der Waals surface area contributed by atoms with Crippen molar-refractivity contribution in [2.75, 3.05) is 26.2 Å². The van der Waals surface area contributed by atoms with Gasteiger partial charge >= 0.3 is 0 Å². The molecule has 60 valence electrons. The number of hydrogen-bond donors (Lipinski definition) is 0. The molecule has 0 atom stereocenters. The highest BCUT2D eigenvalue weighted by Crippen LogP contribution is 2.07. The van der Waals surface area contributed by atoms with Gasteiger partial charge in [-0.2, -0.15) is 0 Å². The zero-order chi connectivity index (χ0) is 7.23. The molecule has 0 aromatic carbocycles.